The summed E-state index contributed by atoms with van der Waals surface area (Å²) in [5.74, 6) is 0.358. The van der Waals surface area contributed by atoms with Gasteiger partial charge in [0.15, 0.2) is 5.82 Å². The van der Waals surface area contributed by atoms with E-state index in [0.29, 0.717) is 29.3 Å². The summed E-state index contributed by atoms with van der Waals surface area (Å²) in [6, 6.07) is 3.50. The van der Waals surface area contributed by atoms with Crippen molar-refractivity contribution in [3.05, 3.63) is 47.8 Å². The number of nitrogens with two attached hydrogens (primary N) is 1. The minimum Gasteiger partial charge on any atom is -0.324 e. The lowest BCUT2D eigenvalue weighted by Crippen LogP contribution is -2.12. The van der Waals surface area contributed by atoms with Crippen molar-refractivity contribution in [2.45, 2.75) is 31.7 Å². The number of nitrogens with one attached hydrogen (secondary N) is 1. The van der Waals surface area contributed by atoms with Crippen LogP contribution in [-0.4, -0.2) is 24.7 Å². The summed E-state index contributed by atoms with van der Waals surface area (Å²) in [6.07, 6.45) is 8.35. The molecule has 0 aliphatic heterocycles. The predicted molar refractivity (Wildman–Crippen MR) is 96.2 cm³/mol. The maximum atomic E-state index is 15.2. The molecule has 1 aromatic carbocycles. The minimum absolute atomic E-state index is 0.114. The van der Waals surface area contributed by atoms with Crippen LogP contribution in [0.3, 0.4) is 0 Å². The second-order valence-electron chi connectivity index (χ2n) is 6.51. The number of hydrogen-bond donors (Lipinski definition) is 2. The van der Waals surface area contributed by atoms with Crippen molar-refractivity contribution < 1.29 is 4.39 Å². The second-order valence-corrected chi connectivity index (χ2v) is 6.51. The number of aromatic nitrogens is 5. The number of hydrogen-bond acceptors (Lipinski definition) is 6. The first-order valence-corrected chi connectivity index (χ1v) is 8.64. The molecule has 0 spiro atoms. The molecule has 0 radical (unpaired) electrons. The minimum atomic E-state index is -0.279. The van der Waals surface area contributed by atoms with E-state index in [1.54, 1.807) is 23.1 Å². The number of benzene rings is 1. The molecule has 7 nitrogen and oxygen atoms in total. The molecule has 0 fully saturated rings. The van der Waals surface area contributed by atoms with Gasteiger partial charge in [0.25, 0.3) is 0 Å². The average molecular weight is 353 g/mol. The summed E-state index contributed by atoms with van der Waals surface area (Å²) in [5.41, 5.74) is 8.89. The van der Waals surface area contributed by atoms with Crippen molar-refractivity contribution in [2.24, 2.45) is 12.8 Å². The highest BCUT2D eigenvalue weighted by atomic mass is 19.1. The largest absolute Gasteiger partial charge is 0.324 e. The Morgan fingerprint density at radius 2 is 2.15 bits per heavy atom. The van der Waals surface area contributed by atoms with E-state index in [4.69, 9.17) is 5.73 Å². The number of nitrogens with zero attached hydrogens (tertiary/aromatic N) is 5. The van der Waals surface area contributed by atoms with Crippen LogP contribution in [-0.2, 0) is 13.5 Å². The first-order valence-electron chi connectivity index (χ1n) is 8.64. The maximum Gasteiger partial charge on any atom is 0.230 e. The van der Waals surface area contributed by atoms with Gasteiger partial charge in [0.2, 0.25) is 5.95 Å². The summed E-state index contributed by atoms with van der Waals surface area (Å²) in [5, 5.41) is 7.13. The zero-order chi connectivity index (χ0) is 18.1. The SMILES string of the molecule is Cn1cc(Nc2ncnc(-c3ccc4c(c3F)CCCCC4N)n2)cn1. The first-order chi connectivity index (χ1) is 12.6. The Bertz CT molecular complexity index is 937. The fourth-order valence-electron chi connectivity index (χ4n) is 3.33. The molecule has 2 heterocycles. The average Bonchev–Trinajstić information content (AvgIpc) is 2.93. The summed E-state index contributed by atoms with van der Waals surface area (Å²) in [7, 11) is 1.82. The molecule has 3 aromatic rings. The van der Waals surface area contributed by atoms with Crippen molar-refractivity contribution in [1.29, 1.82) is 0 Å². The Kier molecular flexibility index (Phi) is 4.34. The first kappa shape index (κ1) is 16.6. The molecule has 1 unspecified atom stereocenters. The lowest BCUT2D eigenvalue weighted by molar-refractivity contribution is 0.606. The Morgan fingerprint density at radius 1 is 1.27 bits per heavy atom. The van der Waals surface area contributed by atoms with Crippen LogP contribution >= 0.6 is 0 Å². The summed E-state index contributed by atoms with van der Waals surface area (Å²) in [6.45, 7) is 0. The highest BCUT2D eigenvalue weighted by molar-refractivity contribution is 5.61. The van der Waals surface area contributed by atoms with Gasteiger partial charge in [-0.25, -0.2) is 14.4 Å². The molecule has 4 rings (SSSR count). The molecule has 3 N–H and O–H groups in total. The van der Waals surface area contributed by atoms with Gasteiger partial charge in [0.05, 0.1) is 17.4 Å². The molecule has 26 heavy (non-hydrogen) atoms. The third kappa shape index (κ3) is 3.15. The lowest BCUT2D eigenvalue weighted by atomic mass is 9.96. The molecular formula is C18H20FN7. The molecular weight excluding hydrogens is 333 g/mol. The van der Waals surface area contributed by atoms with Crippen molar-refractivity contribution in [2.75, 3.05) is 5.32 Å². The van der Waals surface area contributed by atoms with Crippen molar-refractivity contribution >= 4 is 11.6 Å². The van der Waals surface area contributed by atoms with Crippen LogP contribution in [0.15, 0.2) is 30.9 Å². The van der Waals surface area contributed by atoms with Crippen LogP contribution < -0.4 is 11.1 Å². The highest BCUT2D eigenvalue weighted by Gasteiger charge is 2.22. The van der Waals surface area contributed by atoms with Gasteiger partial charge in [-0.2, -0.15) is 10.1 Å². The summed E-state index contributed by atoms with van der Waals surface area (Å²) in [4.78, 5) is 12.6. The van der Waals surface area contributed by atoms with Gasteiger partial charge in [-0.05, 0) is 36.5 Å². The Morgan fingerprint density at radius 3 is 2.96 bits per heavy atom. The second kappa shape index (κ2) is 6.80. The van der Waals surface area contributed by atoms with Gasteiger partial charge in [-0.3, -0.25) is 4.68 Å². The van der Waals surface area contributed by atoms with Crippen LogP contribution in [0.25, 0.3) is 11.4 Å². The van der Waals surface area contributed by atoms with Crippen LogP contribution in [0.4, 0.5) is 16.0 Å². The van der Waals surface area contributed by atoms with Crippen molar-refractivity contribution in [3.63, 3.8) is 0 Å². The molecule has 0 amide bonds. The van der Waals surface area contributed by atoms with Crippen molar-refractivity contribution in [1.82, 2.24) is 24.7 Å². The van der Waals surface area contributed by atoms with E-state index in [-0.39, 0.29) is 11.9 Å². The van der Waals surface area contributed by atoms with Crippen LogP contribution in [0.2, 0.25) is 0 Å². The van der Waals surface area contributed by atoms with E-state index in [2.05, 4.69) is 25.4 Å². The molecule has 8 heteroatoms. The molecule has 2 aromatic heterocycles. The molecule has 0 bridgehead atoms. The van der Waals surface area contributed by atoms with E-state index in [1.165, 1.54) is 6.33 Å². The maximum absolute atomic E-state index is 15.2. The normalized spacial score (nSPS) is 16.8. The van der Waals surface area contributed by atoms with E-state index in [9.17, 15) is 0 Å². The molecule has 1 atom stereocenters. The highest BCUT2D eigenvalue weighted by Crippen LogP contribution is 2.33. The van der Waals surface area contributed by atoms with E-state index in [1.807, 2.05) is 13.1 Å². The zero-order valence-electron chi connectivity index (χ0n) is 14.5. The Balaban J connectivity index is 1.69. The van der Waals surface area contributed by atoms with Gasteiger partial charge >= 0.3 is 0 Å². The molecule has 0 saturated heterocycles. The van der Waals surface area contributed by atoms with Crippen LogP contribution in [0.1, 0.15) is 36.4 Å². The van der Waals surface area contributed by atoms with Gasteiger partial charge < -0.3 is 11.1 Å². The van der Waals surface area contributed by atoms with E-state index < -0.39 is 0 Å². The monoisotopic (exact) mass is 353 g/mol. The number of fused-ring (bicyclic) bond motifs is 1. The topological polar surface area (TPSA) is 94.5 Å². The van der Waals surface area contributed by atoms with Gasteiger partial charge in [-0.15, -0.1) is 0 Å². The number of anilines is 2. The molecule has 1 aliphatic rings. The molecule has 1 aliphatic carbocycles. The number of aryl methyl sites for hydroxylation is 1. The Labute approximate surface area is 150 Å². The number of rotatable bonds is 3. The fourth-order valence-corrected chi connectivity index (χ4v) is 3.33. The Hall–Kier alpha value is -2.87. The summed E-state index contributed by atoms with van der Waals surface area (Å²) < 4.78 is 16.8. The zero-order valence-corrected chi connectivity index (χ0v) is 14.5. The van der Waals surface area contributed by atoms with Gasteiger partial charge in [0.1, 0.15) is 12.1 Å². The predicted octanol–water partition coefficient (Wildman–Crippen LogP) is 2.88. The smallest absolute Gasteiger partial charge is 0.230 e. The third-order valence-corrected chi connectivity index (χ3v) is 4.64. The fraction of sp³-hybridized carbons (Fsp3) is 0.333. The lowest BCUT2D eigenvalue weighted by Gasteiger charge is -2.15. The van der Waals surface area contributed by atoms with E-state index >= 15 is 4.39 Å². The standard InChI is InChI=1S/C18H20FN7/c1-26-9-11(8-23-26)24-18-22-10-21-17(25-18)14-7-6-12-13(16(14)19)4-2-3-5-15(12)20/h6-10,15H,2-5,20H2,1H3,(H,21,22,24,25). The van der Waals surface area contributed by atoms with Crippen molar-refractivity contribution in [3.8, 4) is 11.4 Å². The number of halogens is 1. The van der Waals surface area contributed by atoms with Crippen LogP contribution in [0, 0.1) is 5.82 Å². The van der Waals surface area contributed by atoms with Gasteiger partial charge in [0, 0.05) is 19.3 Å². The summed E-state index contributed by atoms with van der Waals surface area (Å²) >= 11 is 0. The van der Waals surface area contributed by atoms with E-state index in [0.717, 1.165) is 30.5 Å². The van der Waals surface area contributed by atoms with Gasteiger partial charge in [-0.1, -0.05) is 12.5 Å². The molecule has 0 saturated carbocycles. The van der Waals surface area contributed by atoms with Crippen LogP contribution in [0.5, 0.6) is 0 Å². The molecule has 134 valence electrons. The third-order valence-electron chi connectivity index (χ3n) is 4.64. The quantitative estimate of drug-likeness (QED) is 0.703.